The third-order valence-corrected chi connectivity index (χ3v) is 0.979. The van der Waals surface area contributed by atoms with Gasteiger partial charge >= 0.3 is 0 Å². The first-order chi connectivity index (χ1) is 3.29. The maximum atomic E-state index is 4.96. The lowest BCUT2D eigenvalue weighted by Gasteiger charge is -1.87. The van der Waals surface area contributed by atoms with Crippen LogP contribution >= 0.6 is 0 Å². The Labute approximate surface area is 44.0 Å². The molecular weight excluding hydrogens is 88.1 g/mol. The maximum absolute atomic E-state index is 4.96. The number of rotatable bonds is 2. The minimum absolute atomic E-state index is 0.525. The summed E-state index contributed by atoms with van der Waals surface area (Å²) in [6, 6.07) is 0. The Morgan fingerprint density at radius 2 is 2.57 bits per heavy atom. The Bertz CT molecular complexity index is 82.2. The summed E-state index contributed by atoms with van der Waals surface area (Å²) in [6.07, 6.45) is 1.58. The Morgan fingerprint density at radius 1 is 2.00 bits per heavy atom. The van der Waals surface area contributed by atoms with Crippen molar-refractivity contribution in [2.45, 2.75) is 19.4 Å². The summed E-state index contributed by atoms with van der Waals surface area (Å²) in [7, 11) is 0. The molecular formula is C6H10O. The zero-order valence-corrected chi connectivity index (χ0v) is 4.61. The third kappa shape index (κ3) is 1.74. The van der Waals surface area contributed by atoms with E-state index in [-0.39, 0.29) is 0 Å². The fourth-order valence-corrected chi connectivity index (χ4v) is 0.575. The van der Waals surface area contributed by atoms with Crippen LogP contribution in [0, 0.1) is 0 Å². The van der Waals surface area contributed by atoms with Crippen LogP contribution in [0.5, 0.6) is 0 Å². The zero-order valence-electron chi connectivity index (χ0n) is 4.61. The van der Waals surface area contributed by atoms with Crippen molar-refractivity contribution in [2.75, 3.05) is 6.61 Å². The minimum Gasteiger partial charge on any atom is -0.373 e. The maximum Gasteiger partial charge on any atom is 0.0846 e. The second-order valence-corrected chi connectivity index (χ2v) is 2.12. The van der Waals surface area contributed by atoms with Gasteiger partial charge in [-0.15, -0.1) is 6.58 Å². The SMILES string of the molecule is C=C(C)C[C@H]1CO1. The number of ether oxygens (including phenoxy) is 1. The zero-order chi connectivity index (χ0) is 5.28. The molecule has 1 rings (SSSR count). The predicted octanol–water partition coefficient (Wildman–Crippen LogP) is 1.35. The lowest BCUT2D eigenvalue weighted by Crippen LogP contribution is -1.82. The van der Waals surface area contributed by atoms with Crippen LogP contribution in [0.1, 0.15) is 13.3 Å². The molecule has 1 nitrogen and oxygen atoms in total. The topological polar surface area (TPSA) is 12.5 Å². The van der Waals surface area contributed by atoms with Gasteiger partial charge in [-0.25, -0.2) is 0 Å². The molecule has 0 saturated carbocycles. The van der Waals surface area contributed by atoms with Gasteiger partial charge in [0.25, 0.3) is 0 Å². The lowest BCUT2D eigenvalue weighted by molar-refractivity contribution is 0.407. The summed E-state index contributed by atoms with van der Waals surface area (Å²) in [6.45, 7) is 6.74. The van der Waals surface area contributed by atoms with Gasteiger partial charge in [-0.1, -0.05) is 5.57 Å². The molecule has 0 radical (unpaired) electrons. The van der Waals surface area contributed by atoms with Crippen LogP contribution in [0.2, 0.25) is 0 Å². The fourth-order valence-electron chi connectivity index (χ4n) is 0.575. The van der Waals surface area contributed by atoms with Gasteiger partial charge in [0.2, 0.25) is 0 Å². The summed E-state index contributed by atoms with van der Waals surface area (Å²) in [5.74, 6) is 0. The van der Waals surface area contributed by atoms with Gasteiger partial charge in [-0.2, -0.15) is 0 Å². The van der Waals surface area contributed by atoms with Gasteiger partial charge in [0.1, 0.15) is 0 Å². The first kappa shape index (κ1) is 4.85. The molecule has 0 aromatic carbocycles. The third-order valence-electron chi connectivity index (χ3n) is 0.979. The van der Waals surface area contributed by atoms with Crippen LogP contribution in [0.15, 0.2) is 12.2 Å². The van der Waals surface area contributed by atoms with Gasteiger partial charge in [-0.3, -0.25) is 0 Å². The van der Waals surface area contributed by atoms with Crippen LogP contribution in [-0.2, 0) is 4.74 Å². The quantitative estimate of drug-likeness (QED) is 0.375. The molecule has 0 N–H and O–H groups in total. The molecule has 0 aliphatic carbocycles. The van der Waals surface area contributed by atoms with Gasteiger partial charge in [0.05, 0.1) is 12.7 Å². The molecule has 40 valence electrons. The predicted molar refractivity (Wildman–Crippen MR) is 29.2 cm³/mol. The van der Waals surface area contributed by atoms with Crippen molar-refractivity contribution in [3.8, 4) is 0 Å². The summed E-state index contributed by atoms with van der Waals surface area (Å²) in [5, 5.41) is 0. The molecule has 7 heavy (non-hydrogen) atoms. The summed E-state index contributed by atoms with van der Waals surface area (Å²) >= 11 is 0. The van der Waals surface area contributed by atoms with Crippen molar-refractivity contribution >= 4 is 0 Å². The molecule has 0 bridgehead atoms. The van der Waals surface area contributed by atoms with Crippen molar-refractivity contribution in [1.29, 1.82) is 0 Å². The highest BCUT2D eigenvalue weighted by Gasteiger charge is 2.21. The van der Waals surface area contributed by atoms with E-state index >= 15 is 0 Å². The molecule has 1 aliphatic rings. The van der Waals surface area contributed by atoms with E-state index in [0.29, 0.717) is 6.10 Å². The van der Waals surface area contributed by atoms with E-state index in [2.05, 4.69) is 6.58 Å². The second kappa shape index (κ2) is 1.66. The van der Waals surface area contributed by atoms with Crippen molar-refractivity contribution in [3.05, 3.63) is 12.2 Å². The van der Waals surface area contributed by atoms with E-state index in [9.17, 15) is 0 Å². The van der Waals surface area contributed by atoms with E-state index < -0.39 is 0 Å². The smallest absolute Gasteiger partial charge is 0.0846 e. The fraction of sp³-hybridized carbons (Fsp3) is 0.667. The van der Waals surface area contributed by atoms with Crippen molar-refractivity contribution in [2.24, 2.45) is 0 Å². The number of hydrogen-bond donors (Lipinski definition) is 0. The van der Waals surface area contributed by atoms with Gasteiger partial charge in [0, 0.05) is 0 Å². The van der Waals surface area contributed by atoms with Crippen LogP contribution in [0.3, 0.4) is 0 Å². The second-order valence-electron chi connectivity index (χ2n) is 2.12. The molecule has 1 fully saturated rings. The van der Waals surface area contributed by atoms with E-state index in [1.165, 1.54) is 5.57 Å². The molecule has 1 heteroatoms. The van der Waals surface area contributed by atoms with Crippen LogP contribution in [0.4, 0.5) is 0 Å². The van der Waals surface area contributed by atoms with E-state index in [1.54, 1.807) is 0 Å². The van der Waals surface area contributed by atoms with Gasteiger partial charge in [0.15, 0.2) is 0 Å². The number of epoxide rings is 1. The monoisotopic (exact) mass is 98.1 g/mol. The average molecular weight is 98.1 g/mol. The Hall–Kier alpha value is -0.300. The van der Waals surface area contributed by atoms with Crippen molar-refractivity contribution in [1.82, 2.24) is 0 Å². The van der Waals surface area contributed by atoms with Crippen molar-refractivity contribution in [3.63, 3.8) is 0 Å². The van der Waals surface area contributed by atoms with Crippen LogP contribution in [0.25, 0.3) is 0 Å². The molecule has 1 saturated heterocycles. The minimum atomic E-state index is 0.525. The van der Waals surface area contributed by atoms with Crippen LogP contribution < -0.4 is 0 Å². The molecule has 1 atom stereocenters. The molecule has 0 aromatic rings. The first-order valence-corrected chi connectivity index (χ1v) is 2.55. The summed E-state index contributed by atoms with van der Waals surface area (Å²) < 4.78 is 4.96. The normalized spacial score (nSPS) is 27.3. The Morgan fingerprint density at radius 3 is 2.71 bits per heavy atom. The standard InChI is InChI=1S/C6H10O/c1-5(2)3-6-4-7-6/h6H,1,3-4H2,2H3/t6-/m0/s1. The number of hydrogen-bond acceptors (Lipinski definition) is 1. The highest BCUT2D eigenvalue weighted by molar-refractivity contribution is 4.93. The highest BCUT2D eigenvalue weighted by Crippen LogP contribution is 2.16. The molecule has 0 spiro atoms. The van der Waals surface area contributed by atoms with Crippen LogP contribution in [-0.4, -0.2) is 12.7 Å². The van der Waals surface area contributed by atoms with E-state index in [0.717, 1.165) is 13.0 Å². The first-order valence-electron chi connectivity index (χ1n) is 2.55. The molecule has 0 unspecified atom stereocenters. The summed E-state index contributed by atoms with van der Waals surface area (Å²) in [4.78, 5) is 0. The molecule has 0 aromatic heterocycles. The largest absolute Gasteiger partial charge is 0.373 e. The lowest BCUT2D eigenvalue weighted by atomic mass is 10.2. The Balaban J connectivity index is 2.08. The molecule has 1 aliphatic heterocycles. The highest BCUT2D eigenvalue weighted by atomic mass is 16.6. The van der Waals surface area contributed by atoms with Gasteiger partial charge < -0.3 is 4.74 Å². The Kier molecular flexibility index (Phi) is 1.15. The molecule has 1 heterocycles. The van der Waals surface area contributed by atoms with Crippen molar-refractivity contribution < 1.29 is 4.74 Å². The summed E-state index contributed by atoms with van der Waals surface area (Å²) in [5.41, 5.74) is 1.22. The van der Waals surface area contributed by atoms with E-state index in [4.69, 9.17) is 4.74 Å². The average Bonchev–Trinajstić information content (AvgIpc) is 2.17. The van der Waals surface area contributed by atoms with Gasteiger partial charge in [-0.05, 0) is 13.3 Å². The molecule has 0 amide bonds. The van der Waals surface area contributed by atoms with E-state index in [1.807, 2.05) is 6.92 Å².